The van der Waals surface area contributed by atoms with Gasteiger partial charge in [-0.3, -0.25) is 9.59 Å². The van der Waals surface area contributed by atoms with Crippen molar-refractivity contribution in [1.29, 1.82) is 0 Å². The quantitative estimate of drug-likeness (QED) is 0.818. The van der Waals surface area contributed by atoms with Gasteiger partial charge in [-0.2, -0.15) is 0 Å². The van der Waals surface area contributed by atoms with Crippen LogP contribution in [0.1, 0.15) is 17.0 Å². The number of carbonyl (C=O) groups is 2. The first-order valence-electron chi connectivity index (χ1n) is 6.28. The number of hydrogen-bond acceptors (Lipinski definition) is 5. The third-order valence-electron chi connectivity index (χ3n) is 3.35. The summed E-state index contributed by atoms with van der Waals surface area (Å²) < 4.78 is 28.3. The Balaban J connectivity index is 1.86. The van der Waals surface area contributed by atoms with E-state index in [1.54, 1.807) is 13.1 Å². The molecule has 1 atom stereocenters. The summed E-state index contributed by atoms with van der Waals surface area (Å²) in [6, 6.07) is 2.74. The van der Waals surface area contributed by atoms with Crippen molar-refractivity contribution < 1.29 is 22.4 Å². The highest BCUT2D eigenvalue weighted by atomic mass is 79.9. The van der Waals surface area contributed by atoms with E-state index in [1.807, 2.05) is 0 Å². The molecule has 0 aromatic carbocycles. The van der Waals surface area contributed by atoms with Gasteiger partial charge in [-0.15, -0.1) is 0 Å². The van der Waals surface area contributed by atoms with Crippen LogP contribution >= 0.6 is 15.9 Å². The molecule has 2 rings (SSSR count). The Morgan fingerprint density at radius 1 is 1.48 bits per heavy atom. The number of amides is 2. The molecule has 21 heavy (non-hydrogen) atoms. The smallest absolute Gasteiger partial charge is 0.287 e. The molecule has 0 spiro atoms. The molecule has 0 bridgehead atoms. The second kappa shape index (κ2) is 6.18. The summed E-state index contributed by atoms with van der Waals surface area (Å²) in [5.74, 6) is -0.658. The molecule has 2 amide bonds. The molecule has 0 radical (unpaired) electrons. The third kappa shape index (κ3) is 4.07. The number of nitrogens with zero attached hydrogens (tertiary/aromatic N) is 1. The Bertz CT molecular complexity index is 654. The predicted molar refractivity (Wildman–Crippen MR) is 78.6 cm³/mol. The number of likely N-dealkylation sites (N-methyl/N-ethyl adjacent to an activating group) is 1. The Kier molecular flexibility index (Phi) is 4.72. The molecule has 9 heteroatoms. The van der Waals surface area contributed by atoms with Crippen molar-refractivity contribution in [3.05, 3.63) is 22.6 Å². The molecule has 2 heterocycles. The second-order valence-electron chi connectivity index (χ2n) is 4.85. The van der Waals surface area contributed by atoms with Crippen molar-refractivity contribution in [2.75, 3.05) is 25.1 Å². The number of hydrogen-bond donors (Lipinski definition) is 1. The summed E-state index contributed by atoms with van der Waals surface area (Å²) in [5.41, 5.74) is 0. The van der Waals surface area contributed by atoms with Gasteiger partial charge in [0.15, 0.2) is 20.3 Å². The summed E-state index contributed by atoms with van der Waals surface area (Å²) in [5, 5.41) is 2.44. The van der Waals surface area contributed by atoms with Crippen molar-refractivity contribution in [3.63, 3.8) is 0 Å². The number of nitrogens with one attached hydrogen (secondary N) is 1. The summed E-state index contributed by atoms with van der Waals surface area (Å²) in [7, 11) is -1.50. The zero-order valence-corrected chi connectivity index (χ0v) is 13.7. The molecule has 1 N–H and O–H groups in total. The fraction of sp³-hybridized carbons (Fsp3) is 0.500. The van der Waals surface area contributed by atoms with E-state index in [0.717, 1.165) is 0 Å². The molecular formula is C12H15BrN2O5S. The van der Waals surface area contributed by atoms with Gasteiger partial charge in [-0.05, 0) is 34.5 Å². The lowest BCUT2D eigenvalue weighted by molar-refractivity contribution is -0.130. The molecule has 1 aliphatic rings. The summed E-state index contributed by atoms with van der Waals surface area (Å²) >= 11 is 3.08. The van der Waals surface area contributed by atoms with E-state index >= 15 is 0 Å². The molecule has 1 aromatic rings. The van der Waals surface area contributed by atoms with Crippen molar-refractivity contribution in [2.24, 2.45) is 0 Å². The fourth-order valence-electron chi connectivity index (χ4n) is 2.09. The third-order valence-corrected chi connectivity index (χ3v) is 5.52. The van der Waals surface area contributed by atoms with Gasteiger partial charge in [0.2, 0.25) is 5.91 Å². The topological polar surface area (TPSA) is 96.7 Å². The van der Waals surface area contributed by atoms with Gasteiger partial charge >= 0.3 is 0 Å². The number of furan rings is 1. The minimum absolute atomic E-state index is 0.0195. The van der Waals surface area contributed by atoms with Gasteiger partial charge in [0.25, 0.3) is 5.91 Å². The van der Waals surface area contributed by atoms with E-state index in [0.29, 0.717) is 11.1 Å². The maximum Gasteiger partial charge on any atom is 0.287 e. The van der Waals surface area contributed by atoms with Gasteiger partial charge < -0.3 is 14.6 Å². The van der Waals surface area contributed by atoms with Crippen LogP contribution in [-0.2, 0) is 14.6 Å². The lowest BCUT2D eigenvalue weighted by Gasteiger charge is -2.23. The highest BCUT2D eigenvalue weighted by Gasteiger charge is 2.32. The van der Waals surface area contributed by atoms with Gasteiger partial charge in [-0.1, -0.05) is 0 Å². The standard InChI is InChI=1S/C12H15BrN2O5S/c1-15(8-4-5-21(18,19)7-8)11(16)6-14-12(17)9-2-3-10(13)20-9/h2-3,8H,4-7H2,1H3,(H,14,17). The van der Waals surface area contributed by atoms with E-state index in [1.165, 1.54) is 11.0 Å². The van der Waals surface area contributed by atoms with Crippen LogP contribution in [0.2, 0.25) is 0 Å². The zero-order chi connectivity index (χ0) is 15.6. The van der Waals surface area contributed by atoms with E-state index in [-0.39, 0.29) is 35.8 Å². The second-order valence-corrected chi connectivity index (χ2v) is 7.86. The SMILES string of the molecule is CN(C(=O)CNC(=O)c1ccc(Br)o1)C1CCS(=O)(=O)C1. The van der Waals surface area contributed by atoms with Crippen molar-refractivity contribution in [3.8, 4) is 0 Å². The molecule has 116 valence electrons. The average Bonchev–Trinajstić information content (AvgIpc) is 3.00. The van der Waals surface area contributed by atoms with Crippen LogP contribution in [0.25, 0.3) is 0 Å². The number of halogens is 1. The minimum atomic E-state index is -3.05. The van der Waals surface area contributed by atoms with E-state index in [9.17, 15) is 18.0 Å². The molecule has 1 fully saturated rings. The van der Waals surface area contributed by atoms with Crippen LogP contribution < -0.4 is 5.32 Å². The van der Waals surface area contributed by atoms with Crippen LogP contribution in [0.3, 0.4) is 0 Å². The number of carbonyl (C=O) groups excluding carboxylic acids is 2. The van der Waals surface area contributed by atoms with Gasteiger partial charge in [0.1, 0.15) is 0 Å². The fourth-order valence-corrected chi connectivity index (χ4v) is 4.17. The first kappa shape index (κ1) is 16.0. The Morgan fingerprint density at radius 2 is 2.19 bits per heavy atom. The van der Waals surface area contributed by atoms with Crippen molar-refractivity contribution in [1.82, 2.24) is 10.2 Å². The monoisotopic (exact) mass is 378 g/mol. The van der Waals surface area contributed by atoms with Crippen LogP contribution in [0.4, 0.5) is 0 Å². The average molecular weight is 379 g/mol. The van der Waals surface area contributed by atoms with E-state index in [2.05, 4.69) is 21.2 Å². The van der Waals surface area contributed by atoms with Gasteiger partial charge in [0, 0.05) is 13.1 Å². The normalized spacial score (nSPS) is 20.2. The zero-order valence-electron chi connectivity index (χ0n) is 11.3. The molecule has 1 aliphatic heterocycles. The molecule has 1 aromatic heterocycles. The van der Waals surface area contributed by atoms with Crippen LogP contribution in [0, 0.1) is 0 Å². The highest BCUT2D eigenvalue weighted by molar-refractivity contribution is 9.10. The molecule has 0 saturated carbocycles. The number of sulfone groups is 1. The first-order chi connectivity index (χ1) is 9.78. The van der Waals surface area contributed by atoms with Crippen molar-refractivity contribution in [2.45, 2.75) is 12.5 Å². The number of rotatable bonds is 4. The Morgan fingerprint density at radius 3 is 2.71 bits per heavy atom. The maximum atomic E-state index is 12.0. The Labute approximate surface area is 130 Å². The largest absolute Gasteiger partial charge is 0.444 e. The minimum Gasteiger partial charge on any atom is -0.444 e. The molecule has 0 aliphatic carbocycles. The molecule has 7 nitrogen and oxygen atoms in total. The first-order valence-corrected chi connectivity index (χ1v) is 8.89. The van der Waals surface area contributed by atoms with Crippen molar-refractivity contribution >= 4 is 37.6 Å². The van der Waals surface area contributed by atoms with Crippen LogP contribution in [0.5, 0.6) is 0 Å². The lowest BCUT2D eigenvalue weighted by Crippen LogP contribution is -2.43. The Hall–Kier alpha value is -1.35. The maximum absolute atomic E-state index is 12.0. The summed E-state index contributed by atoms with van der Waals surface area (Å²) in [6.45, 7) is -0.204. The van der Waals surface area contributed by atoms with Gasteiger partial charge in [0.05, 0.1) is 18.1 Å². The van der Waals surface area contributed by atoms with E-state index < -0.39 is 15.7 Å². The van der Waals surface area contributed by atoms with E-state index in [4.69, 9.17) is 4.42 Å². The molecule has 1 unspecified atom stereocenters. The van der Waals surface area contributed by atoms with Gasteiger partial charge in [-0.25, -0.2) is 8.42 Å². The van der Waals surface area contributed by atoms with Crippen LogP contribution in [0.15, 0.2) is 21.2 Å². The summed E-state index contributed by atoms with van der Waals surface area (Å²) in [6.07, 6.45) is 0.434. The molecular weight excluding hydrogens is 364 g/mol. The van der Waals surface area contributed by atoms with Crippen LogP contribution in [-0.4, -0.2) is 56.3 Å². The highest BCUT2D eigenvalue weighted by Crippen LogP contribution is 2.16. The summed E-state index contributed by atoms with van der Waals surface area (Å²) in [4.78, 5) is 25.1. The predicted octanol–water partition coefficient (Wildman–Crippen LogP) is 0.417. The molecule has 1 saturated heterocycles. The lowest BCUT2D eigenvalue weighted by atomic mass is 10.2.